The molecule has 0 spiro atoms. The highest BCUT2D eigenvalue weighted by molar-refractivity contribution is 4.87. The van der Waals surface area contributed by atoms with Crippen molar-refractivity contribution in [3.8, 4) is 0 Å². The lowest BCUT2D eigenvalue weighted by Crippen LogP contribution is -2.46. The van der Waals surface area contributed by atoms with Gasteiger partial charge in [-0.1, -0.05) is 0 Å². The van der Waals surface area contributed by atoms with Crippen LogP contribution in [0.15, 0.2) is 0 Å². The summed E-state index contributed by atoms with van der Waals surface area (Å²) in [4.78, 5) is 0. The monoisotopic (exact) mass is 372 g/mol. The van der Waals surface area contributed by atoms with Gasteiger partial charge in [-0.2, -0.15) is 39.5 Å². The van der Waals surface area contributed by atoms with E-state index in [1.165, 1.54) is 0 Å². The van der Waals surface area contributed by atoms with Crippen molar-refractivity contribution in [1.82, 2.24) is 0 Å². The van der Waals surface area contributed by atoms with E-state index in [0.717, 1.165) is 0 Å². The van der Waals surface area contributed by atoms with Crippen molar-refractivity contribution in [2.75, 3.05) is 13.5 Å². The molecule has 0 aliphatic rings. The molecule has 23 heavy (non-hydrogen) atoms. The van der Waals surface area contributed by atoms with Crippen LogP contribution in [0.4, 0.5) is 48.3 Å². The summed E-state index contributed by atoms with van der Waals surface area (Å²) >= 11 is 0. The van der Waals surface area contributed by atoms with Gasteiger partial charge in [-0.25, -0.2) is 8.78 Å². The van der Waals surface area contributed by atoms with Gasteiger partial charge in [0.1, 0.15) is 13.5 Å². The Balaban J connectivity index is 4.86. The lowest BCUT2D eigenvalue weighted by molar-refractivity contribution is -0.296. The molecule has 0 bridgehead atoms. The van der Waals surface area contributed by atoms with Crippen molar-refractivity contribution in [3.63, 3.8) is 0 Å². The summed E-state index contributed by atoms with van der Waals surface area (Å²) in [6.07, 6.45) is -25.2. The van der Waals surface area contributed by atoms with Gasteiger partial charge in [-0.3, -0.25) is 0 Å². The Morgan fingerprint density at radius 2 is 1.13 bits per heavy atom. The summed E-state index contributed by atoms with van der Waals surface area (Å²) in [5.74, 6) is 0. The van der Waals surface area contributed by atoms with E-state index < -0.39 is 56.3 Å². The second kappa shape index (κ2) is 7.36. The molecule has 3 unspecified atom stereocenters. The molecule has 3 atom stereocenters. The van der Waals surface area contributed by atoms with Crippen molar-refractivity contribution in [2.24, 2.45) is 0 Å². The van der Waals surface area contributed by atoms with Gasteiger partial charge in [0.2, 0.25) is 5.67 Å². The Hall–Kier alpha value is -0.850. The number of ether oxygens (including phenoxy) is 2. The Morgan fingerprint density at radius 3 is 1.43 bits per heavy atom. The number of hydrogen-bond donors (Lipinski definition) is 0. The van der Waals surface area contributed by atoms with Gasteiger partial charge in [0, 0.05) is 6.42 Å². The van der Waals surface area contributed by atoms with Gasteiger partial charge >= 0.3 is 18.5 Å². The molecular formula is C10H11F11O2. The second-order valence-corrected chi connectivity index (χ2v) is 4.57. The average Bonchev–Trinajstić information content (AvgIpc) is 2.28. The number of alkyl halides is 11. The third-order valence-corrected chi connectivity index (χ3v) is 2.57. The van der Waals surface area contributed by atoms with Gasteiger partial charge in [-0.05, 0) is 6.92 Å². The van der Waals surface area contributed by atoms with E-state index in [-0.39, 0.29) is 6.92 Å². The lowest BCUT2D eigenvalue weighted by Gasteiger charge is -2.29. The Kier molecular flexibility index (Phi) is 7.09. The topological polar surface area (TPSA) is 18.5 Å². The molecule has 0 aromatic heterocycles. The van der Waals surface area contributed by atoms with E-state index in [1.54, 1.807) is 0 Å². The largest absolute Gasteiger partial charge is 0.422 e. The molecule has 0 rings (SSSR count). The molecule has 13 heteroatoms. The first-order valence-electron chi connectivity index (χ1n) is 5.70. The third-order valence-electron chi connectivity index (χ3n) is 2.57. The van der Waals surface area contributed by atoms with Gasteiger partial charge in [-0.15, -0.1) is 0 Å². The number of halogens is 11. The molecule has 0 saturated carbocycles. The molecule has 0 aliphatic heterocycles. The Bertz CT molecular complexity index is 357. The molecule has 0 radical (unpaired) electrons. The zero-order valence-electron chi connectivity index (χ0n) is 11.3. The zero-order chi connectivity index (χ0) is 18.7. The molecule has 2 nitrogen and oxygen atoms in total. The minimum absolute atomic E-state index is 0.184. The molecule has 0 fully saturated rings. The van der Waals surface area contributed by atoms with Crippen molar-refractivity contribution in [2.45, 2.75) is 49.8 Å². The minimum Gasteiger partial charge on any atom is -0.343 e. The molecule has 0 aliphatic carbocycles. The standard InChI is InChI=1S/C10H11F11O2/c1-7(12,10(19,20)21)2-5(8(13,14)15)22-4-23-6(3-11)9(16,17)18/h5-6H,2-4H2,1H3. The van der Waals surface area contributed by atoms with Crippen molar-refractivity contribution in [1.29, 1.82) is 0 Å². The fourth-order valence-electron chi connectivity index (χ4n) is 1.16. The minimum atomic E-state index is -5.66. The molecular weight excluding hydrogens is 361 g/mol. The van der Waals surface area contributed by atoms with Crippen LogP contribution >= 0.6 is 0 Å². The summed E-state index contributed by atoms with van der Waals surface area (Å²) in [5, 5.41) is 0. The molecule has 0 amide bonds. The van der Waals surface area contributed by atoms with Crippen LogP contribution in [0.5, 0.6) is 0 Å². The van der Waals surface area contributed by atoms with Crippen LogP contribution in [0.1, 0.15) is 13.3 Å². The maximum atomic E-state index is 13.2. The van der Waals surface area contributed by atoms with E-state index in [1.807, 2.05) is 0 Å². The first-order chi connectivity index (χ1) is 10.0. The van der Waals surface area contributed by atoms with Gasteiger partial charge in [0.05, 0.1) is 0 Å². The van der Waals surface area contributed by atoms with Crippen LogP contribution in [0.3, 0.4) is 0 Å². The first-order valence-corrected chi connectivity index (χ1v) is 5.70. The second-order valence-electron chi connectivity index (χ2n) is 4.57. The Morgan fingerprint density at radius 1 is 0.739 bits per heavy atom. The fraction of sp³-hybridized carbons (Fsp3) is 1.00. The highest BCUT2D eigenvalue weighted by atomic mass is 19.4. The van der Waals surface area contributed by atoms with Crippen LogP contribution in [0.2, 0.25) is 0 Å². The average molecular weight is 372 g/mol. The van der Waals surface area contributed by atoms with E-state index in [4.69, 9.17) is 0 Å². The predicted octanol–water partition coefficient (Wildman–Crippen LogP) is 4.49. The van der Waals surface area contributed by atoms with Gasteiger partial charge in [0.25, 0.3) is 0 Å². The smallest absolute Gasteiger partial charge is 0.343 e. The highest BCUT2D eigenvalue weighted by Gasteiger charge is 2.57. The molecule has 0 aromatic carbocycles. The lowest BCUT2D eigenvalue weighted by atomic mass is 9.99. The van der Waals surface area contributed by atoms with Gasteiger partial charge in [0.15, 0.2) is 12.2 Å². The summed E-state index contributed by atoms with van der Waals surface area (Å²) < 4.78 is 143. The molecule has 0 saturated heterocycles. The van der Waals surface area contributed by atoms with Crippen LogP contribution < -0.4 is 0 Å². The first kappa shape index (κ1) is 22.1. The van der Waals surface area contributed by atoms with E-state index in [9.17, 15) is 48.3 Å². The molecule has 0 aromatic rings. The zero-order valence-corrected chi connectivity index (χ0v) is 11.3. The van der Waals surface area contributed by atoms with Crippen LogP contribution in [-0.4, -0.2) is 49.9 Å². The van der Waals surface area contributed by atoms with E-state index in [2.05, 4.69) is 9.47 Å². The quantitative estimate of drug-likeness (QED) is 0.484. The summed E-state index contributed by atoms with van der Waals surface area (Å²) in [5.41, 5.74) is -4.31. The predicted molar refractivity (Wildman–Crippen MR) is 52.9 cm³/mol. The summed E-state index contributed by atoms with van der Waals surface area (Å²) in [6.45, 7) is -4.16. The van der Waals surface area contributed by atoms with Crippen molar-refractivity contribution in [3.05, 3.63) is 0 Å². The summed E-state index contributed by atoms with van der Waals surface area (Å²) in [6, 6.07) is 0. The van der Waals surface area contributed by atoms with E-state index >= 15 is 0 Å². The van der Waals surface area contributed by atoms with Crippen molar-refractivity contribution >= 4 is 0 Å². The summed E-state index contributed by atoms with van der Waals surface area (Å²) in [7, 11) is 0. The fourth-order valence-corrected chi connectivity index (χ4v) is 1.16. The van der Waals surface area contributed by atoms with E-state index in [0.29, 0.717) is 0 Å². The van der Waals surface area contributed by atoms with Crippen molar-refractivity contribution < 1.29 is 57.8 Å². The molecule has 140 valence electrons. The Labute approximate surface area is 122 Å². The highest BCUT2D eigenvalue weighted by Crippen LogP contribution is 2.40. The maximum Gasteiger partial charge on any atom is 0.422 e. The van der Waals surface area contributed by atoms with Crippen LogP contribution in [0.25, 0.3) is 0 Å². The number of hydrogen-bond acceptors (Lipinski definition) is 2. The van der Waals surface area contributed by atoms with Crippen LogP contribution in [0, 0.1) is 0 Å². The van der Waals surface area contributed by atoms with Gasteiger partial charge < -0.3 is 9.47 Å². The SMILES string of the molecule is CC(F)(CC(OCOC(CF)C(F)(F)F)C(F)(F)F)C(F)(F)F. The number of rotatable bonds is 7. The third kappa shape index (κ3) is 7.06. The molecule has 0 heterocycles. The normalized spacial score (nSPS) is 19.3. The molecule has 0 N–H and O–H groups in total. The van der Waals surface area contributed by atoms with Crippen LogP contribution in [-0.2, 0) is 9.47 Å². The maximum absolute atomic E-state index is 13.2.